The van der Waals surface area contributed by atoms with Crippen molar-refractivity contribution in [3.05, 3.63) is 53.2 Å². The SMILES string of the molecule is COc1ncc(NC(=O)[C@H]2CCCc3ccccc32)cc1C(N)=O. The van der Waals surface area contributed by atoms with Crippen LogP contribution in [0.1, 0.15) is 40.2 Å². The van der Waals surface area contributed by atoms with Gasteiger partial charge in [-0.1, -0.05) is 24.3 Å². The zero-order chi connectivity index (χ0) is 17.1. The Morgan fingerprint density at radius 1 is 1.33 bits per heavy atom. The summed E-state index contributed by atoms with van der Waals surface area (Å²) in [5.41, 5.74) is 8.18. The van der Waals surface area contributed by atoms with Crippen LogP contribution in [0.15, 0.2) is 36.5 Å². The van der Waals surface area contributed by atoms with Crippen molar-refractivity contribution in [2.75, 3.05) is 12.4 Å². The summed E-state index contributed by atoms with van der Waals surface area (Å²) in [4.78, 5) is 28.2. The molecule has 0 fully saturated rings. The van der Waals surface area contributed by atoms with Crippen molar-refractivity contribution in [3.8, 4) is 5.88 Å². The summed E-state index contributed by atoms with van der Waals surface area (Å²) < 4.78 is 5.00. The third-order valence-corrected chi connectivity index (χ3v) is 4.26. The summed E-state index contributed by atoms with van der Waals surface area (Å²) in [6, 6.07) is 9.49. The van der Waals surface area contributed by atoms with E-state index in [1.54, 1.807) is 0 Å². The lowest BCUT2D eigenvalue weighted by molar-refractivity contribution is -0.117. The van der Waals surface area contributed by atoms with E-state index in [4.69, 9.17) is 10.5 Å². The normalized spacial score (nSPS) is 16.1. The molecule has 6 heteroatoms. The maximum Gasteiger partial charge on any atom is 0.254 e. The Labute approximate surface area is 140 Å². The first-order valence-corrected chi connectivity index (χ1v) is 7.82. The van der Waals surface area contributed by atoms with E-state index < -0.39 is 5.91 Å². The highest BCUT2D eigenvalue weighted by molar-refractivity contribution is 5.99. The van der Waals surface area contributed by atoms with Crippen LogP contribution in [0.2, 0.25) is 0 Å². The first kappa shape index (κ1) is 16.0. The Morgan fingerprint density at radius 3 is 2.88 bits per heavy atom. The molecular weight excluding hydrogens is 306 g/mol. The van der Waals surface area contributed by atoms with Crippen LogP contribution in [0.25, 0.3) is 0 Å². The Hall–Kier alpha value is -2.89. The van der Waals surface area contributed by atoms with Gasteiger partial charge in [0.15, 0.2) is 0 Å². The standard InChI is InChI=1S/C18H19N3O3/c1-24-18-15(16(19)22)9-12(10-20-18)21-17(23)14-8-4-6-11-5-2-3-7-13(11)14/h2-3,5,7,9-10,14H,4,6,8H2,1H3,(H2,19,22)(H,21,23)/t14-/m0/s1. The maximum absolute atomic E-state index is 12.7. The predicted molar refractivity (Wildman–Crippen MR) is 90.1 cm³/mol. The van der Waals surface area contributed by atoms with E-state index in [1.165, 1.54) is 24.9 Å². The van der Waals surface area contributed by atoms with Gasteiger partial charge in [-0.3, -0.25) is 9.59 Å². The Bertz CT molecular complexity index is 789. The first-order chi connectivity index (χ1) is 11.6. The van der Waals surface area contributed by atoms with Crippen molar-refractivity contribution in [1.82, 2.24) is 4.98 Å². The van der Waals surface area contributed by atoms with Crippen LogP contribution in [-0.2, 0) is 11.2 Å². The molecular formula is C18H19N3O3. The lowest BCUT2D eigenvalue weighted by Gasteiger charge is -2.24. The third-order valence-electron chi connectivity index (χ3n) is 4.26. The summed E-state index contributed by atoms with van der Waals surface area (Å²) in [6.07, 6.45) is 4.23. The monoisotopic (exact) mass is 325 g/mol. The van der Waals surface area contributed by atoms with E-state index in [2.05, 4.69) is 16.4 Å². The second-order valence-corrected chi connectivity index (χ2v) is 5.78. The third kappa shape index (κ3) is 3.08. The average Bonchev–Trinajstić information content (AvgIpc) is 2.61. The van der Waals surface area contributed by atoms with Gasteiger partial charge in [-0.15, -0.1) is 0 Å². The Balaban J connectivity index is 1.83. The van der Waals surface area contributed by atoms with Gasteiger partial charge < -0.3 is 15.8 Å². The molecule has 0 radical (unpaired) electrons. The van der Waals surface area contributed by atoms with Gasteiger partial charge in [0.1, 0.15) is 5.56 Å². The summed E-state index contributed by atoms with van der Waals surface area (Å²) in [5, 5.41) is 2.83. The van der Waals surface area contributed by atoms with E-state index in [0.717, 1.165) is 24.8 Å². The number of aromatic nitrogens is 1. The summed E-state index contributed by atoms with van der Waals surface area (Å²) in [5.74, 6) is -0.819. The summed E-state index contributed by atoms with van der Waals surface area (Å²) >= 11 is 0. The molecule has 1 aliphatic rings. The van der Waals surface area contributed by atoms with Crippen LogP contribution in [0.5, 0.6) is 5.88 Å². The zero-order valence-electron chi connectivity index (χ0n) is 13.4. The van der Waals surface area contributed by atoms with E-state index in [0.29, 0.717) is 5.69 Å². The van der Waals surface area contributed by atoms with Crippen molar-refractivity contribution in [1.29, 1.82) is 0 Å². The largest absolute Gasteiger partial charge is 0.480 e. The Kier molecular flexibility index (Phi) is 4.46. The molecule has 2 amide bonds. The molecule has 0 aliphatic heterocycles. The van der Waals surface area contributed by atoms with Crippen LogP contribution in [0.4, 0.5) is 5.69 Å². The van der Waals surface area contributed by atoms with E-state index >= 15 is 0 Å². The van der Waals surface area contributed by atoms with Gasteiger partial charge in [-0.2, -0.15) is 0 Å². The fraction of sp³-hybridized carbons (Fsp3) is 0.278. The topological polar surface area (TPSA) is 94.3 Å². The molecule has 1 aromatic carbocycles. The van der Waals surface area contributed by atoms with Crippen molar-refractivity contribution in [3.63, 3.8) is 0 Å². The molecule has 1 aromatic heterocycles. The van der Waals surface area contributed by atoms with Gasteiger partial charge in [-0.05, 0) is 36.5 Å². The smallest absolute Gasteiger partial charge is 0.254 e. The number of nitrogens with zero attached hydrogens (tertiary/aromatic N) is 1. The molecule has 6 nitrogen and oxygen atoms in total. The minimum absolute atomic E-state index is 0.107. The van der Waals surface area contributed by atoms with Gasteiger partial charge in [0, 0.05) is 0 Å². The van der Waals surface area contributed by atoms with E-state index in [9.17, 15) is 9.59 Å². The predicted octanol–water partition coefficient (Wildman–Crippen LogP) is 2.25. The lowest BCUT2D eigenvalue weighted by Crippen LogP contribution is -2.25. The number of anilines is 1. The molecule has 124 valence electrons. The number of benzene rings is 1. The molecule has 0 unspecified atom stereocenters. The van der Waals surface area contributed by atoms with Gasteiger partial charge in [0.2, 0.25) is 11.8 Å². The number of hydrogen-bond donors (Lipinski definition) is 2. The zero-order valence-corrected chi connectivity index (χ0v) is 13.4. The second-order valence-electron chi connectivity index (χ2n) is 5.78. The molecule has 0 saturated heterocycles. The number of amides is 2. The van der Waals surface area contributed by atoms with Crippen molar-refractivity contribution >= 4 is 17.5 Å². The molecule has 3 N–H and O–H groups in total. The summed E-state index contributed by atoms with van der Waals surface area (Å²) in [6.45, 7) is 0. The minimum Gasteiger partial charge on any atom is -0.480 e. The van der Waals surface area contributed by atoms with Crippen LogP contribution in [0.3, 0.4) is 0 Å². The molecule has 1 heterocycles. The second kappa shape index (κ2) is 6.70. The Morgan fingerprint density at radius 2 is 2.12 bits per heavy atom. The minimum atomic E-state index is -0.654. The van der Waals surface area contributed by atoms with Crippen LogP contribution in [-0.4, -0.2) is 23.9 Å². The van der Waals surface area contributed by atoms with Crippen molar-refractivity contribution in [2.24, 2.45) is 5.73 Å². The van der Waals surface area contributed by atoms with Crippen molar-refractivity contribution < 1.29 is 14.3 Å². The number of carbonyl (C=O) groups excluding carboxylic acids is 2. The average molecular weight is 325 g/mol. The number of nitrogens with two attached hydrogens (primary N) is 1. The highest BCUT2D eigenvalue weighted by Crippen LogP contribution is 2.32. The van der Waals surface area contributed by atoms with Gasteiger partial charge in [-0.25, -0.2) is 4.98 Å². The quantitative estimate of drug-likeness (QED) is 0.901. The van der Waals surface area contributed by atoms with Gasteiger partial charge in [0.05, 0.1) is 24.9 Å². The number of hydrogen-bond acceptors (Lipinski definition) is 4. The van der Waals surface area contributed by atoms with E-state index in [-0.39, 0.29) is 23.3 Å². The van der Waals surface area contributed by atoms with Crippen LogP contribution in [0, 0.1) is 0 Å². The number of pyridine rings is 1. The number of nitrogens with one attached hydrogen (secondary N) is 1. The van der Waals surface area contributed by atoms with Gasteiger partial charge in [0.25, 0.3) is 5.91 Å². The molecule has 3 rings (SSSR count). The fourth-order valence-electron chi connectivity index (χ4n) is 3.12. The first-order valence-electron chi connectivity index (χ1n) is 7.82. The number of carbonyl (C=O) groups is 2. The van der Waals surface area contributed by atoms with E-state index in [1.807, 2.05) is 18.2 Å². The molecule has 2 aromatic rings. The van der Waals surface area contributed by atoms with Crippen molar-refractivity contribution in [2.45, 2.75) is 25.2 Å². The molecule has 1 aliphatic carbocycles. The number of methoxy groups -OCH3 is 1. The number of rotatable bonds is 4. The number of aryl methyl sites for hydroxylation is 1. The fourth-order valence-corrected chi connectivity index (χ4v) is 3.12. The molecule has 1 atom stereocenters. The summed E-state index contributed by atoms with van der Waals surface area (Å²) in [7, 11) is 1.41. The number of fused-ring (bicyclic) bond motifs is 1. The molecule has 24 heavy (non-hydrogen) atoms. The number of ether oxygens (including phenoxy) is 1. The molecule has 0 saturated carbocycles. The highest BCUT2D eigenvalue weighted by Gasteiger charge is 2.26. The highest BCUT2D eigenvalue weighted by atomic mass is 16.5. The molecule has 0 bridgehead atoms. The van der Waals surface area contributed by atoms with Crippen LogP contribution >= 0.6 is 0 Å². The van der Waals surface area contributed by atoms with Crippen LogP contribution < -0.4 is 15.8 Å². The molecule has 0 spiro atoms. The van der Waals surface area contributed by atoms with Gasteiger partial charge >= 0.3 is 0 Å². The maximum atomic E-state index is 12.7. The lowest BCUT2D eigenvalue weighted by atomic mass is 9.82. The number of primary amides is 1.